The molecule has 2 aromatic carbocycles. The summed E-state index contributed by atoms with van der Waals surface area (Å²) in [5.74, 6) is 0.192. The van der Waals surface area contributed by atoms with Gasteiger partial charge >= 0.3 is 5.97 Å². The van der Waals surface area contributed by atoms with Gasteiger partial charge in [-0.05, 0) is 47.9 Å². The first-order chi connectivity index (χ1) is 13.9. The molecule has 29 heavy (non-hydrogen) atoms. The van der Waals surface area contributed by atoms with E-state index in [4.69, 9.17) is 21.1 Å². The lowest BCUT2D eigenvalue weighted by Crippen LogP contribution is -2.13. The highest BCUT2D eigenvalue weighted by Crippen LogP contribution is 2.54. The van der Waals surface area contributed by atoms with Crippen molar-refractivity contribution in [2.24, 2.45) is 11.3 Å². The smallest absolute Gasteiger partial charge is 0.313 e. The second kappa shape index (κ2) is 7.96. The number of nitrogens with one attached hydrogen (secondary N) is 1. The third kappa shape index (κ3) is 4.33. The minimum atomic E-state index is -0.286. The van der Waals surface area contributed by atoms with Crippen molar-refractivity contribution in [1.82, 2.24) is 4.98 Å². The van der Waals surface area contributed by atoms with Gasteiger partial charge in [0.15, 0.2) is 0 Å². The maximum Gasteiger partial charge on any atom is 0.313 e. The molecule has 1 aliphatic carbocycles. The fraction of sp³-hybridized carbons (Fsp3) is 0.292. The summed E-state index contributed by atoms with van der Waals surface area (Å²) in [4.78, 5) is 15.9. The molecule has 1 aliphatic rings. The molecule has 1 fully saturated rings. The van der Waals surface area contributed by atoms with Gasteiger partial charge in [0.05, 0.1) is 5.69 Å². The summed E-state index contributed by atoms with van der Waals surface area (Å²) in [6.45, 7) is 4.28. The number of hydrogen-bond donors (Lipinski definition) is 1. The number of carbonyl (C=O) groups excluding carboxylic acids is 1. The number of halogens is 1. The average Bonchev–Trinajstić information content (AvgIpc) is 3.01. The highest BCUT2D eigenvalue weighted by molar-refractivity contribution is 6.30. The van der Waals surface area contributed by atoms with E-state index in [0.717, 1.165) is 17.7 Å². The van der Waals surface area contributed by atoms with Gasteiger partial charge in [0.25, 0.3) is 0 Å². The summed E-state index contributed by atoms with van der Waals surface area (Å²) >= 11 is 5.92. The molecule has 4 rings (SSSR count). The number of hydrogen-bond acceptors (Lipinski definition) is 3. The summed E-state index contributed by atoms with van der Waals surface area (Å²) in [7, 11) is 0. The second-order valence-electron chi connectivity index (χ2n) is 8.04. The summed E-state index contributed by atoms with van der Waals surface area (Å²) in [5.41, 5.74) is 3.02. The Hall–Kier alpha value is -2.72. The summed E-state index contributed by atoms with van der Waals surface area (Å²) in [6.07, 6.45) is 2.48. The molecule has 1 saturated carbocycles. The molecule has 2 atom stereocenters. The topological polar surface area (TPSA) is 51.3 Å². The van der Waals surface area contributed by atoms with Crippen LogP contribution in [0.5, 0.6) is 5.75 Å². The Balaban J connectivity index is 1.35. The normalized spacial score (nSPS) is 19.6. The van der Waals surface area contributed by atoms with Crippen LogP contribution in [0.2, 0.25) is 5.02 Å². The standard InChI is InChI=1S/C24H24ClNO3/c1-24(2)21(22(24)29-19-10-8-18(25)9-11-19)23(27)28-15-20-17(12-13-26-20)14-16-6-4-3-5-7-16/h3-13,21-22,26H,14-15H2,1-2H3. The maximum atomic E-state index is 12.7. The summed E-state index contributed by atoms with van der Waals surface area (Å²) in [6, 6.07) is 19.4. The predicted molar refractivity (Wildman–Crippen MR) is 113 cm³/mol. The summed E-state index contributed by atoms with van der Waals surface area (Å²) in [5, 5.41) is 0.653. The number of ether oxygens (including phenoxy) is 2. The first-order valence-corrected chi connectivity index (χ1v) is 10.1. The molecule has 2 unspecified atom stereocenters. The number of rotatable bonds is 7. The SMILES string of the molecule is CC1(C)C(Oc2ccc(Cl)cc2)C1C(=O)OCc1[nH]ccc1Cc1ccccc1. The molecule has 0 radical (unpaired) electrons. The van der Waals surface area contributed by atoms with Crippen molar-refractivity contribution in [2.75, 3.05) is 0 Å². The van der Waals surface area contributed by atoms with Gasteiger partial charge in [-0.2, -0.15) is 0 Å². The number of carbonyl (C=O) groups is 1. The molecular weight excluding hydrogens is 386 g/mol. The van der Waals surface area contributed by atoms with Crippen molar-refractivity contribution in [3.63, 3.8) is 0 Å². The van der Waals surface area contributed by atoms with Gasteiger partial charge in [-0.25, -0.2) is 0 Å². The van der Waals surface area contributed by atoms with E-state index in [0.29, 0.717) is 10.8 Å². The monoisotopic (exact) mass is 409 g/mol. The van der Waals surface area contributed by atoms with Crippen LogP contribution in [-0.2, 0) is 22.6 Å². The number of esters is 1. The number of H-pyrrole nitrogens is 1. The highest BCUT2D eigenvalue weighted by atomic mass is 35.5. The van der Waals surface area contributed by atoms with Gasteiger partial charge in [0.2, 0.25) is 0 Å². The Morgan fingerprint density at radius 3 is 2.52 bits per heavy atom. The average molecular weight is 410 g/mol. The lowest BCUT2D eigenvalue weighted by Gasteiger charge is -2.08. The van der Waals surface area contributed by atoms with Crippen molar-refractivity contribution in [3.8, 4) is 5.75 Å². The third-order valence-electron chi connectivity index (χ3n) is 5.58. The van der Waals surface area contributed by atoms with Gasteiger partial charge in [-0.15, -0.1) is 0 Å². The molecule has 1 N–H and O–H groups in total. The molecule has 0 amide bonds. The van der Waals surface area contributed by atoms with E-state index in [1.54, 1.807) is 12.1 Å². The lowest BCUT2D eigenvalue weighted by atomic mass is 10.1. The zero-order valence-corrected chi connectivity index (χ0v) is 17.3. The first-order valence-electron chi connectivity index (χ1n) is 9.73. The van der Waals surface area contributed by atoms with E-state index in [2.05, 4.69) is 17.1 Å². The van der Waals surface area contributed by atoms with Crippen LogP contribution in [0.1, 0.15) is 30.7 Å². The van der Waals surface area contributed by atoms with Crippen molar-refractivity contribution in [3.05, 3.63) is 88.7 Å². The van der Waals surface area contributed by atoms with E-state index in [-0.39, 0.29) is 30.0 Å². The van der Waals surface area contributed by atoms with Crippen molar-refractivity contribution >= 4 is 17.6 Å². The van der Waals surface area contributed by atoms with Crippen LogP contribution in [0.4, 0.5) is 0 Å². The summed E-state index contributed by atoms with van der Waals surface area (Å²) < 4.78 is 11.6. The Kier molecular flexibility index (Phi) is 5.37. The highest BCUT2D eigenvalue weighted by Gasteiger charge is 2.65. The lowest BCUT2D eigenvalue weighted by molar-refractivity contribution is -0.148. The van der Waals surface area contributed by atoms with E-state index < -0.39 is 0 Å². The Morgan fingerprint density at radius 1 is 1.07 bits per heavy atom. The number of aromatic amines is 1. The molecule has 1 heterocycles. The fourth-order valence-electron chi connectivity index (χ4n) is 3.68. The zero-order chi connectivity index (χ0) is 20.4. The zero-order valence-electron chi connectivity index (χ0n) is 16.5. The Morgan fingerprint density at radius 2 is 1.79 bits per heavy atom. The van der Waals surface area contributed by atoms with Gasteiger partial charge in [0, 0.05) is 16.6 Å². The van der Waals surface area contributed by atoms with Crippen molar-refractivity contribution < 1.29 is 14.3 Å². The first kappa shape index (κ1) is 19.6. The second-order valence-corrected chi connectivity index (χ2v) is 8.48. The predicted octanol–water partition coefficient (Wildman–Crippen LogP) is 5.41. The minimum Gasteiger partial charge on any atom is -0.489 e. The van der Waals surface area contributed by atoms with Crippen LogP contribution in [-0.4, -0.2) is 17.1 Å². The molecule has 0 saturated heterocycles. The van der Waals surface area contributed by atoms with Crippen LogP contribution in [0.3, 0.4) is 0 Å². The minimum absolute atomic E-state index is 0.205. The van der Waals surface area contributed by atoms with Crippen LogP contribution in [0.15, 0.2) is 66.9 Å². The van der Waals surface area contributed by atoms with Crippen LogP contribution >= 0.6 is 11.6 Å². The number of aromatic nitrogens is 1. The van der Waals surface area contributed by atoms with E-state index in [9.17, 15) is 4.79 Å². The van der Waals surface area contributed by atoms with E-state index >= 15 is 0 Å². The molecule has 0 spiro atoms. The quantitative estimate of drug-likeness (QED) is 0.531. The molecule has 5 heteroatoms. The molecule has 4 nitrogen and oxygen atoms in total. The number of benzene rings is 2. The fourth-order valence-corrected chi connectivity index (χ4v) is 3.81. The van der Waals surface area contributed by atoms with Crippen molar-refractivity contribution in [1.29, 1.82) is 0 Å². The molecule has 1 aromatic heterocycles. The van der Waals surface area contributed by atoms with Gasteiger partial charge < -0.3 is 14.5 Å². The van der Waals surface area contributed by atoms with Crippen LogP contribution < -0.4 is 4.74 Å². The third-order valence-corrected chi connectivity index (χ3v) is 5.84. The Bertz CT molecular complexity index is 979. The van der Waals surface area contributed by atoms with Crippen molar-refractivity contribution in [2.45, 2.75) is 33.0 Å². The van der Waals surface area contributed by atoms with E-state index in [1.807, 2.05) is 56.4 Å². The van der Waals surface area contributed by atoms with E-state index in [1.165, 1.54) is 5.56 Å². The Labute approximate surface area is 175 Å². The van der Waals surface area contributed by atoms with Crippen LogP contribution in [0.25, 0.3) is 0 Å². The van der Waals surface area contributed by atoms with Gasteiger partial charge in [-0.1, -0.05) is 55.8 Å². The molecular formula is C24H24ClNO3. The molecule has 150 valence electrons. The van der Waals surface area contributed by atoms with Gasteiger partial charge in [-0.3, -0.25) is 4.79 Å². The van der Waals surface area contributed by atoms with Gasteiger partial charge in [0.1, 0.15) is 24.4 Å². The molecule has 0 aliphatic heterocycles. The maximum absolute atomic E-state index is 12.7. The van der Waals surface area contributed by atoms with Crippen LogP contribution in [0, 0.1) is 11.3 Å². The molecule has 0 bridgehead atoms. The molecule has 3 aromatic rings. The largest absolute Gasteiger partial charge is 0.489 e.